The molecule has 0 fully saturated rings. The van der Waals surface area contributed by atoms with Crippen LogP contribution in [0.4, 0.5) is 4.39 Å². The fraction of sp³-hybridized carbons (Fsp3) is 0.176. The highest BCUT2D eigenvalue weighted by molar-refractivity contribution is 7.99. The molecule has 1 amide bonds. The van der Waals surface area contributed by atoms with Crippen molar-refractivity contribution in [2.45, 2.75) is 11.8 Å². The maximum absolute atomic E-state index is 13.6. The summed E-state index contributed by atoms with van der Waals surface area (Å²) in [7, 11) is 1.63. The molecule has 0 atom stereocenters. The van der Waals surface area contributed by atoms with Crippen LogP contribution in [0.5, 0.6) is 0 Å². The lowest BCUT2D eigenvalue weighted by Crippen LogP contribution is -2.28. The number of hydrogen-bond donors (Lipinski definition) is 0. The van der Waals surface area contributed by atoms with E-state index in [4.69, 9.17) is 4.42 Å². The van der Waals surface area contributed by atoms with Crippen LogP contribution in [0, 0.1) is 5.82 Å². The fourth-order valence-electron chi connectivity index (χ4n) is 2.08. The van der Waals surface area contributed by atoms with Crippen LogP contribution < -0.4 is 0 Å². The molecule has 6 nitrogen and oxygen atoms in total. The Bertz CT molecular complexity index is 857. The molecule has 0 unspecified atom stereocenters. The number of halogens is 1. The molecule has 0 spiro atoms. The van der Waals surface area contributed by atoms with Crippen LogP contribution in [0.15, 0.2) is 58.4 Å². The second-order valence-corrected chi connectivity index (χ2v) is 6.17. The molecule has 0 aliphatic carbocycles. The Balaban J connectivity index is 1.55. The first-order chi connectivity index (χ1) is 12.1. The van der Waals surface area contributed by atoms with E-state index in [1.807, 2.05) is 6.07 Å². The van der Waals surface area contributed by atoms with Crippen LogP contribution in [0.25, 0.3) is 11.5 Å². The number of hydrogen-bond acceptors (Lipinski definition) is 6. The van der Waals surface area contributed by atoms with Gasteiger partial charge in [-0.1, -0.05) is 30.0 Å². The van der Waals surface area contributed by atoms with Gasteiger partial charge in [-0.2, -0.15) is 0 Å². The second-order valence-electron chi connectivity index (χ2n) is 5.24. The molecule has 25 heavy (non-hydrogen) atoms. The summed E-state index contributed by atoms with van der Waals surface area (Å²) < 4.78 is 19.2. The van der Waals surface area contributed by atoms with Gasteiger partial charge in [-0.25, -0.2) is 4.39 Å². The Morgan fingerprint density at radius 1 is 1.24 bits per heavy atom. The van der Waals surface area contributed by atoms with Gasteiger partial charge in [0.1, 0.15) is 5.82 Å². The van der Waals surface area contributed by atoms with Crippen molar-refractivity contribution in [3.05, 3.63) is 60.2 Å². The summed E-state index contributed by atoms with van der Waals surface area (Å²) in [5.41, 5.74) is 1.19. The lowest BCUT2D eigenvalue weighted by Gasteiger charge is -2.16. The summed E-state index contributed by atoms with van der Waals surface area (Å²) in [5.74, 6) is -0.00967. The third-order valence-electron chi connectivity index (χ3n) is 3.43. The molecule has 0 radical (unpaired) electrons. The van der Waals surface area contributed by atoms with Crippen LogP contribution in [0.1, 0.15) is 5.56 Å². The summed E-state index contributed by atoms with van der Waals surface area (Å²) in [6.45, 7) is 0.205. The second kappa shape index (κ2) is 7.89. The predicted octanol–water partition coefficient (Wildman–Crippen LogP) is 3.02. The molecule has 0 saturated carbocycles. The Kier molecular flexibility index (Phi) is 5.39. The van der Waals surface area contributed by atoms with Crippen molar-refractivity contribution in [1.82, 2.24) is 20.1 Å². The third-order valence-corrected chi connectivity index (χ3v) is 4.23. The van der Waals surface area contributed by atoms with E-state index in [1.54, 1.807) is 43.7 Å². The topological polar surface area (TPSA) is 72.1 Å². The molecule has 2 heterocycles. The van der Waals surface area contributed by atoms with E-state index in [1.165, 1.54) is 11.0 Å². The summed E-state index contributed by atoms with van der Waals surface area (Å²) in [6, 6.07) is 9.97. The van der Waals surface area contributed by atoms with Crippen molar-refractivity contribution in [2.75, 3.05) is 12.8 Å². The van der Waals surface area contributed by atoms with Gasteiger partial charge < -0.3 is 9.32 Å². The van der Waals surface area contributed by atoms with Gasteiger partial charge in [0.2, 0.25) is 11.8 Å². The number of pyridine rings is 1. The maximum atomic E-state index is 13.6. The minimum absolute atomic E-state index is 0.125. The Hall–Kier alpha value is -2.74. The Morgan fingerprint density at radius 3 is 2.84 bits per heavy atom. The molecule has 0 bridgehead atoms. The van der Waals surface area contributed by atoms with Crippen LogP contribution >= 0.6 is 11.8 Å². The molecule has 0 N–H and O–H groups in total. The van der Waals surface area contributed by atoms with Crippen LogP contribution in [0.2, 0.25) is 0 Å². The highest BCUT2D eigenvalue weighted by Crippen LogP contribution is 2.22. The minimum Gasteiger partial charge on any atom is -0.411 e. The number of nitrogens with zero attached hydrogens (tertiary/aromatic N) is 4. The van der Waals surface area contributed by atoms with Crippen LogP contribution in [0.3, 0.4) is 0 Å². The van der Waals surface area contributed by atoms with Crippen molar-refractivity contribution in [2.24, 2.45) is 0 Å². The molecule has 1 aromatic carbocycles. The highest BCUT2D eigenvalue weighted by Gasteiger charge is 2.15. The number of thioether (sulfide) groups is 1. The molecule has 2 aromatic heterocycles. The SMILES string of the molecule is CN(Cc1ccccc1F)C(=O)CSc1nnc(-c2cccnc2)o1. The van der Waals surface area contributed by atoms with Gasteiger partial charge in [-0.3, -0.25) is 9.78 Å². The number of benzene rings is 1. The number of rotatable bonds is 6. The number of carbonyl (C=O) groups excluding carboxylic acids is 1. The predicted molar refractivity (Wildman–Crippen MR) is 91.1 cm³/mol. The average Bonchev–Trinajstić information content (AvgIpc) is 3.11. The zero-order chi connectivity index (χ0) is 17.6. The molecule has 128 valence electrons. The van der Waals surface area contributed by atoms with Gasteiger partial charge in [-0.15, -0.1) is 10.2 Å². The first-order valence-corrected chi connectivity index (χ1v) is 8.46. The van der Waals surface area contributed by atoms with Gasteiger partial charge in [0, 0.05) is 31.5 Å². The molecule has 0 saturated heterocycles. The standard InChI is InChI=1S/C17H15FN4O2S/c1-22(10-13-5-2-3-7-14(13)18)15(23)11-25-17-21-20-16(24-17)12-6-4-8-19-9-12/h2-9H,10-11H2,1H3. The zero-order valence-electron chi connectivity index (χ0n) is 13.4. The molecular formula is C17H15FN4O2S. The third kappa shape index (κ3) is 4.42. The Labute approximate surface area is 148 Å². The van der Waals surface area contributed by atoms with Crippen molar-refractivity contribution in [3.8, 4) is 11.5 Å². The van der Waals surface area contributed by atoms with Crippen molar-refractivity contribution in [3.63, 3.8) is 0 Å². The van der Waals surface area contributed by atoms with Gasteiger partial charge in [0.05, 0.1) is 11.3 Å². The first kappa shape index (κ1) is 17.1. The number of aromatic nitrogens is 3. The number of amides is 1. The van der Waals surface area contributed by atoms with E-state index in [9.17, 15) is 9.18 Å². The normalized spacial score (nSPS) is 10.6. The largest absolute Gasteiger partial charge is 0.411 e. The summed E-state index contributed by atoms with van der Waals surface area (Å²) in [6.07, 6.45) is 3.27. The van der Waals surface area contributed by atoms with E-state index in [2.05, 4.69) is 15.2 Å². The molecular weight excluding hydrogens is 343 g/mol. The van der Waals surface area contributed by atoms with Crippen molar-refractivity contribution >= 4 is 17.7 Å². The fourth-order valence-corrected chi connectivity index (χ4v) is 2.78. The molecule has 3 rings (SSSR count). The highest BCUT2D eigenvalue weighted by atomic mass is 32.2. The van der Waals surface area contributed by atoms with Gasteiger partial charge in [0.15, 0.2) is 0 Å². The van der Waals surface area contributed by atoms with E-state index >= 15 is 0 Å². The quantitative estimate of drug-likeness (QED) is 0.631. The van der Waals surface area contributed by atoms with Crippen molar-refractivity contribution < 1.29 is 13.6 Å². The van der Waals surface area contributed by atoms with Gasteiger partial charge >= 0.3 is 0 Å². The number of carbonyl (C=O) groups is 1. The van der Waals surface area contributed by atoms with E-state index in [-0.39, 0.29) is 24.0 Å². The summed E-state index contributed by atoms with van der Waals surface area (Å²) in [4.78, 5) is 17.6. The van der Waals surface area contributed by atoms with E-state index in [0.717, 1.165) is 11.8 Å². The van der Waals surface area contributed by atoms with Gasteiger partial charge in [-0.05, 0) is 18.2 Å². The lowest BCUT2D eigenvalue weighted by atomic mass is 10.2. The monoisotopic (exact) mass is 358 g/mol. The molecule has 0 aliphatic rings. The van der Waals surface area contributed by atoms with Crippen LogP contribution in [-0.4, -0.2) is 38.8 Å². The molecule has 3 aromatic rings. The van der Waals surface area contributed by atoms with E-state index in [0.29, 0.717) is 22.2 Å². The maximum Gasteiger partial charge on any atom is 0.277 e. The average molecular weight is 358 g/mol. The van der Waals surface area contributed by atoms with Crippen LogP contribution in [-0.2, 0) is 11.3 Å². The smallest absolute Gasteiger partial charge is 0.277 e. The van der Waals surface area contributed by atoms with E-state index < -0.39 is 0 Å². The molecule has 8 heteroatoms. The minimum atomic E-state index is -0.326. The Morgan fingerprint density at radius 2 is 2.08 bits per heavy atom. The zero-order valence-corrected chi connectivity index (χ0v) is 14.2. The summed E-state index contributed by atoms with van der Waals surface area (Å²) in [5, 5.41) is 8.14. The first-order valence-electron chi connectivity index (χ1n) is 7.47. The summed E-state index contributed by atoms with van der Waals surface area (Å²) >= 11 is 1.14. The lowest BCUT2D eigenvalue weighted by molar-refractivity contribution is -0.127. The molecule has 0 aliphatic heterocycles. The van der Waals surface area contributed by atoms with Crippen molar-refractivity contribution in [1.29, 1.82) is 0 Å². The van der Waals surface area contributed by atoms with Gasteiger partial charge in [0.25, 0.3) is 5.22 Å².